The summed E-state index contributed by atoms with van der Waals surface area (Å²) in [7, 11) is 0. The third-order valence-corrected chi connectivity index (χ3v) is 9.66. The fraction of sp³-hybridized carbons (Fsp3) is 0. The Morgan fingerprint density at radius 2 is 0.438 bits per heavy atom. The summed E-state index contributed by atoms with van der Waals surface area (Å²) in [5, 5.41) is 15.6. The molecular formula is C48H32. The summed E-state index contributed by atoms with van der Waals surface area (Å²) < 4.78 is 0. The third-order valence-electron chi connectivity index (χ3n) is 9.66. The van der Waals surface area contributed by atoms with Crippen molar-refractivity contribution < 1.29 is 0 Å². The SMILES string of the molecule is c1ccc2c(-c3c4ccccc4cc4ccccc34)cccc2c1.c1ccc2c(-c3c4ccccc4cc4ccccc34)cccc2c1. The Labute approximate surface area is 280 Å². The van der Waals surface area contributed by atoms with E-state index in [0.717, 1.165) is 0 Å². The highest BCUT2D eigenvalue weighted by Gasteiger charge is 2.13. The van der Waals surface area contributed by atoms with Gasteiger partial charge >= 0.3 is 0 Å². The van der Waals surface area contributed by atoms with Crippen LogP contribution in [0.4, 0.5) is 0 Å². The monoisotopic (exact) mass is 608 g/mol. The average molecular weight is 609 g/mol. The van der Waals surface area contributed by atoms with Crippen molar-refractivity contribution in [3.05, 3.63) is 194 Å². The molecule has 10 aromatic rings. The van der Waals surface area contributed by atoms with Gasteiger partial charge in [-0.2, -0.15) is 0 Å². The maximum atomic E-state index is 2.29. The Hall–Kier alpha value is -6.24. The lowest BCUT2D eigenvalue weighted by Gasteiger charge is -2.14. The standard InChI is InChI=1S/2C24H16/c2*1-4-12-20-17(8-1)11-7-15-23(20)24-21-13-5-2-9-18(21)16-19-10-3-6-14-22(19)24/h2*1-16H. The van der Waals surface area contributed by atoms with E-state index >= 15 is 0 Å². The molecule has 10 aromatic carbocycles. The van der Waals surface area contributed by atoms with Crippen LogP contribution in [0.1, 0.15) is 0 Å². The fourth-order valence-electron chi connectivity index (χ4n) is 7.49. The van der Waals surface area contributed by atoms with Gasteiger partial charge in [-0.25, -0.2) is 0 Å². The first-order valence-corrected chi connectivity index (χ1v) is 16.6. The molecule has 0 aliphatic heterocycles. The van der Waals surface area contributed by atoms with E-state index in [1.807, 2.05) is 0 Å². The lowest BCUT2D eigenvalue weighted by Crippen LogP contribution is -1.87. The first-order chi connectivity index (χ1) is 23.8. The van der Waals surface area contributed by atoms with Gasteiger partial charge in [-0.05, 0) is 99.0 Å². The van der Waals surface area contributed by atoms with Gasteiger partial charge in [-0.3, -0.25) is 0 Å². The third kappa shape index (κ3) is 4.78. The Bertz CT molecular complexity index is 2470. The Morgan fingerprint density at radius 1 is 0.188 bits per heavy atom. The second-order valence-corrected chi connectivity index (χ2v) is 12.4. The van der Waals surface area contributed by atoms with Crippen LogP contribution in [0, 0.1) is 0 Å². The van der Waals surface area contributed by atoms with E-state index in [9.17, 15) is 0 Å². The van der Waals surface area contributed by atoms with Crippen LogP contribution in [0.2, 0.25) is 0 Å². The number of hydrogen-bond acceptors (Lipinski definition) is 0. The lowest BCUT2D eigenvalue weighted by molar-refractivity contribution is 1.70. The van der Waals surface area contributed by atoms with Gasteiger partial charge in [0.05, 0.1) is 0 Å². The zero-order chi connectivity index (χ0) is 31.9. The van der Waals surface area contributed by atoms with Gasteiger partial charge in [0.15, 0.2) is 0 Å². The predicted molar refractivity (Wildman–Crippen MR) is 209 cm³/mol. The van der Waals surface area contributed by atoms with Crippen molar-refractivity contribution in [3.63, 3.8) is 0 Å². The number of fused-ring (bicyclic) bond motifs is 6. The largest absolute Gasteiger partial charge is 0.0616 e. The molecule has 224 valence electrons. The topological polar surface area (TPSA) is 0 Å². The highest BCUT2D eigenvalue weighted by molar-refractivity contribution is 6.18. The molecule has 0 spiro atoms. The minimum atomic E-state index is 1.28. The van der Waals surface area contributed by atoms with Gasteiger partial charge in [0.1, 0.15) is 0 Å². The van der Waals surface area contributed by atoms with E-state index in [4.69, 9.17) is 0 Å². The molecule has 0 bridgehead atoms. The zero-order valence-electron chi connectivity index (χ0n) is 26.5. The van der Waals surface area contributed by atoms with E-state index in [1.165, 1.54) is 86.9 Å². The molecule has 48 heavy (non-hydrogen) atoms. The summed E-state index contributed by atoms with van der Waals surface area (Å²) in [6.45, 7) is 0. The highest BCUT2D eigenvalue weighted by atomic mass is 14.2. The zero-order valence-corrected chi connectivity index (χ0v) is 26.5. The van der Waals surface area contributed by atoms with E-state index in [0.29, 0.717) is 0 Å². The summed E-state index contributed by atoms with van der Waals surface area (Å²) in [5.74, 6) is 0. The molecule has 0 fully saturated rings. The summed E-state index contributed by atoms with van der Waals surface area (Å²) in [6, 6.07) is 69.8. The second kappa shape index (κ2) is 11.8. The number of hydrogen-bond donors (Lipinski definition) is 0. The van der Waals surface area contributed by atoms with E-state index in [2.05, 4.69) is 194 Å². The molecule has 0 unspecified atom stereocenters. The molecule has 0 heteroatoms. The molecule has 0 aromatic heterocycles. The van der Waals surface area contributed by atoms with Crippen molar-refractivity contribution in [2.24, 2.45) is 0 Å². The molecule has 0 heterocycles. The summed E-state index contributed by atoms with van der Waals surface area (Å²) in [6.07, 6.45) is 0. The van der Waals surface area contributed by atoms with Crippen LogP contribution in [0.3, 0.4) is 0 Å². The van der Waals surface area contributed by atoms with Gasteiger partial charge in [0, 0.05) is 0 Å². The minimum absolute atomic E-state index is 1.28. The Morgan fingerprint density at radius 3 is 0.771 bits per heavy atom. The van der Waals surface area contributed by atoms with Crippen LogP contribution in [0.5, 0.6) is 0 Å². The summed E-state index contributed by atoms with van der Waals surface area (Å²) >= 11 is 0. The van der Waals surface area contributed by atoms with Crippen molar-refractivity contribution >= 4 is 64.6 Å². The normalized spacial score (nSPS) is 11.3. The Balaban J connectivity index is 0.000000131. The van der Waals surface area contributed by atoms with E-state index < -0.39 is 0 Å². The van der Waals surface area contributed by atoms with Crippen LogP contribution in [-0.4, -0.2) is 0 Å². The molecule has 0 saturated carbocycles. The van der Waals surface area contributed by atoms with E-state index in [-0.39, 0.29) is 0 Å². The van der Waals surface area contributed by atoms with Crippen molar-refractivity contribution in [2.75, 3.05) is 0 Å². The smallest absolute Gasteiger partial charge is 0.00206 e. The first-order valence-electron chi connectivity index (χ1n) is 16.6. The quantitative estimate of drug-likeness (QED) is 0.171. The molecule has 0 aliphatic carbocycles. The molecule has 0 nitrogen and oxygen atoms in total. The Kier molecular flexibility index (Phi) is 6.91. The maximum Gasteiger partial charge on any atom is -0.00206 e. The van der Waals surface area contributed by atoms with Crippen molar-refractivity contribution in [3.8, 4) is 22.3 Å². The summed E-state index contributed by atoms with van der Waals surface area (Å²) in [4.78, 5) is 0. The first kappa shape index (κ1) is 28.0. The van der Waals surface area contributed by atoms with Gasteiger partial charge in [-0.1, -0.05) is 182 Å². The fourth-order valence-corrected chi connectivity index (χ4v) is 7.49. The lowest BCUT2D eigenvalue weighted by atomic mass is 9.89. The number of rotatable bonds is 2. The van der Waals surface area contributed by atoms with Gasteiger partial charge in [-0.15, -0.1) is 0 Å². The van der Waals surface area contributed by atoms with Crippen LogP contribution >= 0.6 is 0 Å². The molecule has 0 radical (unpaired) electrons. The summed E-state index contributed by atoms with van der Waals surface area (Å²) in [5.41, 5.74) is 5.28. The van der Waals surface area contributed by atoms with E-state index in [1.54, 1.807) is 0 Å². The molecule has 0 aliphatic rings. The number of benzene rings is 10. The van der Waals surface area contributed by atoms with Gasteiger partial charge < -0.3 is 0 Å². The second-order valence-electron chi connectivity index (χ2n) is 12.4. The van der Waals surface area contributed by atoms with Crippen molar-refractivity contribution in [1.82, 2.24) is 0 Å². The van der Waals surface area contributed by atoms with Crippen LogP contribution < -0.4 is 0 Å². The molecule has 0 saturated heterocycles. The molecule has 10 rings (SSSR count). The van der Waals surface area contributed by atoms with Crippen molar-refractivity contribution in [1.29, 1.82) is 0 Å². The molecule has 0 amide bonds. The van der Waals surface area contributed by atoms with Crippen LogP contribution in [0.15, 0.2) is 194 Å². The molecule has 0 N–H and O–H groups in total. The molecule has 0 atom stereocenters. The van der Waals surface area contributed by atoms with Crippen molar-refractivity contribution in [2.45, 2.75) is 0 Å². The van der Waals surface area contributed by atoms with Gasteiger partial charge in [0.2, 0.25) is 0 Å². The maximum absolute atomic E-state index is 2.29. The van der Waals surface area contributed by atoms with Gasteiger partial charge in [0.25, 0.3) is 0 Å². The minimum Gasteiger partial charge on any atom is -0.0616 e. The molecular weight excluding hydrogens is 577 g/mol. The van der Waals surface area contributed by atoms with Crippen LogP contribution in [-0.2, 0) is 0 Å². The predicted octanol–water partition coefficient (Wildman–Crippen LogP) is 13.6. The van der Waals surface area contributed by atoms with Crippen LogP contribution in [0.25, 0.3) is 86.9 Å². The average Bonchev–Trinajstić information content (AvgIpc) is 3.16. The highest BCUT2D eigenvalue weighted by Crippen LogP contribution is 2.41.